The summed E-state index contributed by atoms with van der Waals surface area (Å²) in [5.74, 6) is -1.85. The average molecular weight is 590 g/mol. The van der Waals surface area contributed by atoms with Gasteiger partial charge in [0.25, 0.3) is 0 Å². The van der Waals surface area contributed by atoms with Crippen LogP contribution in [0.2, 0.25) is 10.0 Å². The summed E-state index contributed by atoms with van der Waals surface area (Å²) in [4.78, 5) is 27.7. The van der Waals surface area contributed by atoms with Gasteiger partial charge in [0.2, 0.25) is 11.8 Å². The van der Waals surface area contributed by atoms with E-state index in [0.29, 0.717) is 64.2 Å². The third-order valence-corrected chi connectivity index (χ3v) is 8.70. The highest BCUT2D eigenvalue weighted by atomic mass is 35.5. The molecule has 3 aliphatic rings. The number of hydrogen-bond acceptors (Lipinski definition) is 4. The van der Waals surface area contributed by atoms with E-state index in [1.165, 1.54) is 18.2 Å². The highest BCUT2D eigenvalue weighted by Crippen LogP contribution is 2.59. The summed E-state index contributed by atoms with van der Waals surface area (Å²) in [6, 6.07) is 15.1. The first-order chi connectivity index (χ1) is 18.8. The molecular formula is C29H24Cl3FN2O4. The Hall–Kier alpha value is -2.84. The second kappa shape index (κ2) is 10.3. The van der Waals surface area contributed by atoms with Crippen LogP contribution in [-0.2, 0) is 19.7 Å². The van der Waals surface area contributed by atoms with Crippen LogP contribution in [0.15, 0.2) is 60.7 Å². The van der Waals surface area contributed by atoms with Crippen LogP contribution in [0, 0.1) is 5.82 Å². The summed E-state index contributed by atoms with van der Waals surface area (Å²) in [7, 11) is 0. The first kappa shape index (κ1) is 26.4. The van der Waals surface area contributed by atoms with Crippen LogP contribution in [0.5, 0.6) is 5.75 Å². The van der Waals surface area contributed by atoms with Gasteiger partial charge in [0.15, 0.2) is 0 Å². The molecule has 1 spiro atoms. The summed E-state index contributed by atoms with van der Waals surface area (Å²) in [5, 5.41) is 5.59. The van der Waals surface area contributed by atoms with Crippen LogP contribution >= 0.6 is 34.8 Å². The standard InChI is InChI=1S/C29H24Cl3FN2O4/c30-16-5-7-23(39-19-8-10-38-11-9-19)20(13-16)26-29(21-6-4-17(31)14-22(21)34-28(29)37)24(25(32)27(36)35-26)15-2-1-3-18(33)12-15/h1-7,12-14,19,24-26H,8-11H2,(H,34,37)(H,35,36)/t24-,25+,26+,29+/m1/s1. The number of carbonyl (C=O) groups excluding carboxylic acids is 2. The highest BCUT2D eigenvalue weighted by Gasteiger charge is 2.64. The van der Waals surface area contributed by atoms with E-state index in [4.69, 9.17) is 44.3 Å². The molecule has 202 valence electrons. The lowest BCUT2D eigenvalue weighted by Gasteiger charge is -2.48. The predicted molar refractivity (Wildman–Crippen MR) is 147 cm³/mol. The van der Waals surface area contributed by atoms with Gasteiger partial charge in [0.05, 0.1) is 19.3 Å². The number of alkyl halides is 1. The zero-order valence-corrected chi connectivity index (χ0v) is 22.8. The summed E-state index contributed by atoms with van der Waals surface area (Å²) < 4.78 is 26.5. The van der Waals surface area contributed by atoms with Gasteiger partial charge >= 0.3 is 0 Å². The Balaban J connectivity index is 1.60. The van der Waals surface area contributed by atoms with Crippen molar-refractivity contribution in [3.05, 3.63) is 93.2 Å². The monoisotopic (exact) mass is 588 g/mol. The molecule has 3 aliphatic heterocycles. The molecular weight excluding hydrogens is 566 g/mol. The number of halogens is 4. The number of amides is 2. The van der Waals surface area contributed by atoms with E-state index in [-0.39, 0.29) is 6.10 Å². The fourth-order valence-corrected chi connectivity index (χ4v) is 6.86. The molecule has 2 fully saturated rings. The van der Waals surface area contributed by atoms with Crippen molar-refractivity contribution in [2.75, 3.05) is 18.5 Å². The smallest absolute Gasteiger partial charge is 0.239 e. The lowest BCUT2D eigenvalue weighted by atomic mass is 9.59. The Morgan fingerprint density at radius 1 is 0.974 bits per heavy atom. The molecule has 10 heteroatoms. The van der Waals surface area contributed by atoms with Gasteiger partial charge in [-0.15, -0.1) is 11.6 Å². The topological polar surface area (TPSA) is 76.7 Å². The zero-order valence-electron chi connectivity index (χ0n) is 20.6. The van der Waals surface area contributed by atoms with Crippen molar-refractivity contribution in [3.63, 3.8) is 0 Å². The number of benzene rings is 3. The summed E-state index contributed by atoms with van der Waals surface area (Å²) in [5.41, 5.74) is 0.533. The Kier molecular flexibility index (Phi) is 6.96. The molecule has 0 saturated carbocycles. The van der Waals surface area contributed by atoms with E-state index in [1.807, 2.05) is 0 Å². The quantitative estimate of drug-likeness (QED) is 0.359. The molecule has 2 N–H and O–H groups in total. The zero-order chi connectivity index (χ0) is 27.3. The van der Waals surface area contributed by atoms with Crippen LogP contribution < -0.4 is 15.4 Å². The maximum Gasteiger partial charge on any atom is 0.239 e. The van der Waals surface area contributed by atoms with Gasteiger partial charge in [-0.05, 0) is 53.6 Å². The predicted octanol–water partition coefficient (Wildman–Crippen LogP) is 6.14. The van der Waals surface area contributed by atoms with E-state index in [9.17, 15) is 14.0 Å². The first-order valence-corrected chi connectivity index (χ1v) is 13.8. The number of piperidine rings is 1. The van der Waals surface area contributed by atoms with Gasteiger partial charge in [0, 0.05) is 40.1 Å². The SMILES string of the molecule is O=C1N[C@@H](c2cc(Cl)ccc2OC2CCOCC2)[C@@]2(C(=O)Nc3cc(Cl)ccc32)[C@H](c2cccc(F)c2)[C@@H]1Cl. The van der Waals surface area contributed by atoms with Crippen molar-refractivity contribution in [2.24, 2.45) is 0 Å². The van der Waals surface area contributed by atoms with E-state index in [0.717, 1.165) is 0 Å². The van der Waals surface area contributed by atoms with Crippen molar-refractivity contribution < 1.29 is 23.5 Å². The molecule has 6 rings (SSSR count). The van der Waals surface area contributed by atoms with Gasteiger partial charge in [-0.1, -0.05) is 41.4 Å². The van der Waals surface area contributed by atoms with Crippen molar-refractivity contribution in [3.8, 4) is 5.75 Å². The minimum absolute atomic E-state index is 0.114. The van der Waals surface area contributed by atoms with Crippen LogP contribution in [0.4, 0.5) is 10.1 Å². The van der Waals surface area contributed by atoms with Crippen LogP contribution in [-0.4, -0.2) is 36.5 Å². The van der Waals surface area contributed by atoms with Crippen LogP contribution in [0.1, 0.15) is 41.5 Å². The average Bonchev–Trinajstić information content (AvgIpc) is 3.19. The number of hydrogen-bond donors (Lipinski definition) is 2. The molecule has 3 aromatic carbocycles. The van der Waals surface area contributed by atoms with Crippen molar-refractivity contribution in [1.29, 1.82) is 0 Å². The van der Waals surface area contributed by atoms with Crippen molar-refractivity contribution >= 4 is 52.3 Å². The van der Waals surface area contributed by atoms with E-state index >= 15 is 0 Å². The molecule has 3 heterocycles. The van der Waals surface area contributed by atoms with Crippen molar-refractivity contribution in [2.45, 2.75) is 41.7 Å². The van der Waals surface area contributed by atoms with Gasteiger partial charge in [-0.25, -0.2) is 4.39 Å². The largest absolute Gasteiger partial charge is 0.490 e. The number of fused-ring (bicyclic) bond motifs is 2. The molecule has 0 aliphatic carbocycles. The molecule has 0 unspecified atom stereocenters. The molecule has 0 radical (unpaired) electrons. The maximum absolute atomic E-state index is 14.6. The molecule has 0 aromatic heterocycles. The molecule has 39 heavy (non-hydrogen) atoms. The summed E-state index contributed by atoms with van der Waals surface area (Å²) in [6.45, 7) is 1.15. The van der Waals surface area contributed by atoms with E-state index in [1.54, 1.807) is 42.5 Å². The third kappa shape index (κ3) is 4.45. The lowest BCUT2D eigenvalue weighted by Crippen LogP contribution is -2.61. The van der Waals surface area contributed by atoms with Crippen LogP contribution in [0.25, 0.3) is 0 Å². The Labute approximate surface area is 239 Å². The first-order valence-electron chi connectivity index (χ1n) is 12.6. The molecule has 6 nitrogen and oxygen atoms in total. The number of anilines is 1. The summed E-state index contributed by atoms with van der Waals surface area (Å²) >= 11 is 19.6. The van der Waals surface area contributed by atoms with E-state index < -0.39 is 40.4 Å². The second-order valence-corrected chi connectivity index (χ2v) is 11.3. The number of nitrogens with one attached hydrogen (secondary N) is 2. The summed E-state index contributed by atoms with van der Waals surface area (Å²) in [6.07, 6.45) is 1.28. The Morgan fingerprint density at radius 3 is 2.49 bits per heavy atom. The van der Waals surface area contributed by atoms with Crippen molar-refractivity contribution in [1.82, 2.24) is 5.32 Å². The molecule has 2 saturated heterocycles. The minimum atomic E-state index is -1.48. The molecule has 4 atom stereocenters. The maximum atomic E-state index is 14.6. The Morgan fingerprint density at radius 2 is 1.72 bits per heavy atom. The van der Waals surface area contributed by atoms with Gasteiger partial charge in [-0.3, -0.25) is 9.59 Å². The molecule has 0 bridgehead atoms. The fraction of sp³-hybridized carbons (Fsp3) is 0.310. The van der Waals surface area contributed by atoms with Crippen LogP contribution in [0.3, 0.4) is 0 Å². The second-order valence-electron chi connectivity index (χ2n) is 10.0. The van der Waals surface area contributed by atoms with E-state index in [2.05, 4.69) is 10.6 Å². The van der Waals surface area contributed by atoms with Gasteiger partial charge < -0.3 is 20.1 Å². The van der Waals surface area contributed by atoms with Gasteiger partial charge in [-0.2, -0.15) is 0 Å². The number of carbonyl (C=O) groups is 2. The normalized spacial score (nSPS) is 26.7. The highest BCUT2D eigenvalue weighted by molar-refractivity contribution is 6.33. The lowest BCUT2D eigenvalue weighted by molar-refractivity contribution is -0.131. The molecule has 2 amide bonds. The number of ether oxygens (including phenoxy) is 2. The number of rotatable bonds is 4. The molecule has 3 aromatic rings. The Bertz CT molecular complexity index is 1460. The third-order valence-electron chi connectivity index (χ3n) is 7.78. The minimum Gasteiger partial charge on any atom is -0.490 e. The fourth-order valence-electron chi connectivity index (χ4n) is 6.10. The van der Waals surface area contributed by atoms with Gasteiger partial charge in [0.1, 0.15) is 28.5 Å².